The number of ether oxygens (including phenoxy) is 2. The quantitative estimate of drug-likeness (QED) is 0.656. The highest BCUT2D eigenvalue weighted by molar-refractivity contribution is 5.73. The topological polar surface area (TPSA) is 35.5 Å². The molecule has 0 N–H and O–H groups in total. The van der Waals surface area contributed by atoms with Crippen LogP contribution in [0.3, 0.4) is 0 Å². The molecule has 0 spiro atoms. The molecule has 1 unspecified atom stereocenters. The summed E-state index contributed by atoms with van der Waals surface area (Å²) in [5.74, 6) is 0.345. The minimum absolute atomic E-state index is 0.0296. The van der Waals surface area contributed by atoms with Crippen LogP contribution in [0.4, 0.5) is 0 Å². The number of esters is 1. The average molecular weight is 228 g/mol. The van der Waals surface area contributed by atoms with Crippen molar-refractivity contribution < 1.29 is 14.3 Å². The molecule has 0 aromatic carbocycles. The van der Waals surface area contributed by atoms with Gasteiger partial charge >= 0.3 is 5.97 Å². The Balaban J connectivity index is 2.51. The van der Waals surface area contributed by atoms with E-state index in [2.05, 4.69) is 0 Å². The summed E-state index contributed by atoms with van der Waals surface area (Å²) in [6.07, 6.45) is 4.73. The van der Waals surface area contributed by atoms with Gasteiger partial charge in [-0.2, -0.15) is 0 Å². The Morgan fingerprint density at radius 3 is 2.44 bits per heavy atom. The third-order valence-corrected chi connectivity index (χ3v) is 3.13. The summed E-state index contributed by atoms with van der Waals surface area (Å²) in [7, 11) is 0. The van der Waals surface area contributed by atoms with Crippen molar-refractivity contribution in [1.82, 2.24) is 0 Å². The van der Waals surface area contributed by atoms with Crippen LogP contribution < -0.4 is 0 Å². The SMILES string of the molecule is CCOCC(C(=O)OC(C)C)C1CCCC1. The van der Waals surface area contributed by atoms with Crippen molar-refractivity contribution in [3.8, 4) is 0 Å². The molecule has 0 saturated heterocycles. The van der Waals surface area contributed by atoms with Gasteiger partial charge in [0, 0.05) is 6.61 Å². The van der Waals surface area contributed by atoms with Crippen LogP contribution in [0, 0.1) is 11.8 Å². The van der Waals surface area contributed by atoms with E-state index in [0.29, 0.717) is 19.1 Å². The van der Waals surface area contributed by atoms with Crippen LogP contribution in [0.1, 0.15) is 46.5 Å². The molecule has 0 amide bonds. The summed E-state index contributed by atoms with van der Waals surface area (Å²) < 4.78 is 10.7. The monoisotopic (exact) mass is 228 g/mol. The lowest BCUT2D eigenvalue weighted by Gasteiger charge is -2.22. The summed E-state index contributed by atoms with van der Waals surface area (Å²) in [6.45, 7) is 6.93. The minimum atomic E-state index is -0.0737. The molecule has 1 rings (SSSR count). The molecule has 16 heavy (non-hydrogen) atoms. The van der Waals surface area contributed by atoms with Gasteiger partial charge in [-0.3, -0.25) is 4.79 Å². The fraction of sp³-hybridized carbons (Fsp3) is 0.923. The Kier molecular flexibility index (Phi) is 5.81. The van der Waals surface area contributed by atoms with Gasteiger partial charge in [0.15, 0.2) is 0 Å². The van der Waals surface area contributed by atoms with E-state index in [1.807, 2.05) is 20.8 Å². The molecule has 0 aliphatic heterocycles. The molecule has 3 heteroatoms. The van der Waals surface area contributed by atoms with Gasteiger partial charge < -0.3 is 9.47 Å². The van der Waals surface area contributed by atoms with Gasteiger partial charge in [0.05, 0.1) is 18.6 Å². The Hall–Kier alpha value is -0.570. The average Bonchev–Trinajstić information content (AvgIpc) is 2.70. The van der Waals surface area contributed by atoms with Crippen LogP contribution in [0.15, 0.2) is 0 Å². The summed E-state index contributed by atoms with van der Waals surface area (Å²) in [6, 6.07) is 0. The molecule has 1 aliphatic rings. The van der Waals surface area contributed by atoms with Gasteiger partial charge in [0.1, 0.15) is 0 Å². The predicted octanol–water partition coefficient (Wildman–Crippen LogP) is 2.78. The molecule has 1 saturated carbocycles. The largest absolute Gasteiger partial charge is 0.463 e. The zero-order valence-electron chi connectivity index (χ0n) is 10.7. The Labute approximate surface area is 98.5 Å². The highest BCUT2D eigenvalue weighted by Gasteiger charge is 2.32. The van der Waals surface area contributed by atoms with E-state index in [9.17, 15) is 4.79 Å². The second kappa shape index (κ2) is 6.89. The Morgan fingerprint density at radius 2 is 1.94 bits per heavy atom. The second-order valence-electron chi connectivity index (χ2n) is 4.80. The van der Waals surface area contributed by atoms with Crippen molar-refractivity contribution in [2.45, 2.75) is 52.6 Å². The van der Waals surface area contributed by atoms with Gasteiger partial charge in [0.2, 0.25) is 0 Å². The number of hydrogen-bond acceptors (Lipinski definition) is 3. The van der Waals surface area contributed by atoms with Gasteiger partial charge in [-0.05, 0) is 39.5 Å². The van der Waals surface area contributed by atoms with Gasteiger partial charge in [-0.25, -0.2) is 0 Å². The molecule has 0 bridgehead atoms. The maximum atomic E-state index is 11.9. The lowest BCUT2D eigenvalue weighted by molar-refractivity contribution is -0.157. The summed E-state index contributed by atoms with van der Waals surface area (Å²) >= 11 is 0. The molecule has 0 aromatic heterocycles. The number of hydrogen-bond donors (Lipinski definition) is 0. The van der Waals surface area contributed by atoms with Crippen molar-refractivity contribution >= 4 is 5.97 Å². The maximum absolute atomic E-state index is 11.9. The molecule has 1 fully saturated rings. The first-order valence-corrected chi connectivity index (χ1v) is 6.43. The fourth-order valence-electron chi connectivity index (χ4n) is 2.32. The molecule has 0 aromatic rings. The first-order chi connectivity index (χ1) is 7.65. The molecule has 94 valence electrons. The van der Waals surface area contributed by atoms with E-state index in [-0.39, 0.29) is 18.0 Å². The molecule has 0 radical (unpaired) electrons. The van der Waals surface area contributed by atoms with Gasteiger partial charge in [-0.15, -0.1) is 0 Å². The molecule has 0 heterocycles. The lowest BCUT2D eigenvalue weighted by Crippen LogP contribution is -2.30. The summed E-state index contributed by atoms with van der Waals surface area (Å²) in [5.41, 5.74) is 0. The van der Waals surface area contributed by atoms with E-state index in [0.717, 1.165) is 12.8 Å². The molecular weight excluding hydrogens is 204 g/mol. The Bertz CT molecular complexity index is 207. The van der Waals surface area contributed by atoms with Crippen LogP contribution >= 0.6 is 0 Å². The number of carbonyl (C=O) groups is 1. The van der Waals surface area contributed by atoms with Crippen LogP contribution in [-0.2, 0) is 14.3 Å². The lowest BCUT2D eigenvalue weighted by atomic mass is 9.91. The second-order valence-corrected chi connectivity index (χ2v) is 4.80. The van der Waals surface area contributed by atoms with E-state index in [1.54, 1.807) is 0 Å². The normalized spacial score (nSPS) is 19.0. The van der Waals surface area contributed by atoms with E-state index >= 15 is 0 Å². The zero-order valence-corrected chi connectivity index (χ0v) is 10.7. The van der Waals surface area contributed by atoms with E-state index in [4.69, 9.17) is 9.47 Å². The maximum Gasteiger partial charge on any atom is 0.311 e. The third kappa shape index (κ3) is 4.12. The fourth-order valence-corrected chi connectivity index (χ4v) is 2.32. The molecule has 3 nitrogen and oxygen atoms in total. The van der Waals surface area contributed by atoms with Crippen molar-refractivity contribution in [1.29, 1.82) is 0 Å². The van der Waals surface area contributed by atoms with Crippen LogP contribution in [0.5, 0.6) is 0 Å². The van der Waals surface area contributed by atoms with Crippen molar-refractivity contribution in [2.24, 2.45) is 11.8 Å². The highest BCUT2D eigenvalue weighted by atomic mass is 16.5. The molecule has 1 aliphatic carbocycles. The van der Waals surface area contributed by atoms with Crippen LogP contribution in [-0.4, -0.2) is 25.3 Å². The number of rotatable bonds is 6. The highest BCUT2D eigenvalue weighted by Crippen LogP contribution is 2.32. The van der Waals surface area contributed by atoms with Gasteiger partial charge in [-0.1, -0.05) is 12.8 Å². The first-order valence-electron chi connectivity index (χ1n) is 6.43. The van der Waals surface area contributed by atoms with Gasteiger partial charge in [0.25, 0.3) is 0 Å². The van der Waals surface area contributed by atoms with Crippen molar-refractivity contribution in [3.63, 3.8) is 0 Å². The van der Waals surface area contributed by atoms with E-state index in [1.165, 1.54) is 12.8 Å². The molecule has 1 atom stereocenters. The van der Waals surface area contributed by atoms with Crippen molar-refractivity contribution in [3.05, 3.63) is 0 Å². The third-order valence-electron chi connectivity index (χ3n) is 3.13. The Morgan fingerprint density at radius 1 is 1.31 bits per heavy atom. The summed E-state index contributed by atoms with van der Waals surface area (Å²) in [5, 5.41) is 0. The zero-order chi connectivity index (χ0) is 12.0. The summed E-state index contributed by atoms with van der Waals surface area (Å²) in [4.78, 5) is 11.9. The smallest absolute Gasteiger partial charge is 0.311 e. The molecular formula is C13H24O3. The number of carbonyl (C=O) groups excluding carboxylic acids is 1. The first kappa shape index (κ1) is 13.5. The standard InChI is InChI=1S/C13H24O3/c1-4-15-9-12(11-7-5-6-8-11)13(14)16-10(2)3/h10-12H,4-9H2,1-3H3. The predicted molar refractivity (Wildman–Crippen MR) is 63.2 cm³/mol. The van der Waals surface area contributed by atoms with E-state index < -0.39 is 0 Å². The minimum Gasteiger partial charge on any atom is -0.463 e. The van der Waals surface area contributed by atoms with Crippen LogP contribution in [0.2, 0.25) is 0 Å². The van der Waals surface area contributed by atoms with Crippen molar-refractivity contribution in [2.75, 3.05) is 13.2 Å². The van der Waals surface area contributed by atoms with Crippen LogP contribution in [0.25, 0.3) is 0 Å².